The van der Waals surface area contributed by atoms with E-state index >= 15 is 0 Å². The molecule has 2 aromatic rings. The Kier molecular flexibility index (Phi) is 6.47. The van der Waals surface area contributed by atoms with Gasteiger partial charge in [0, 0.05) is 4.90 Å². The topological polar surface area (TPSA) is 38.3 Å². The summed E-state index contributed by atoms with van der Waals surface area (Å²) in [6.45, 7) is 3.89. The molecule has 0 spiro atoms. The normalized spacial score (nSPS) is 11.8. The summed E-state index contributed by atoms with van der Waals surface area (Å²) in [6, 6.07) is 13.7. The molecule has 122 valence electrons. The highest BCUT2D eigenvalue weighted by Crippen LogP contribution is 2.27. The Morgan fingerprint density at radius 3 is 2.57 bits per heavy atom. The highest BCUT2D eigenvalue weighted by atomic mass is 32.2. The molecular formula is C18H20FNO2S. The molecule has 0 aliphatic heterocycles. The zero-order valence-electron chi connectivity index (χ0n) is 13.2. The molecule has 0 bridgehead atoms. The van der Waals surface area contributed by atoms with E-state index in [0.29, 0.717) is 6.42 Å². The molecule has 0 unspecified atom stereocenters. The standard InChI is InChI=1S/C18H20FNO2S/c1-3-15(22-16-11-7-5-9-13(16)19)18(21)20-14-10-6-8-12-17(14)23-4-2/h5-12,15H,3-4H2,1-2H3,(H,20,21)/t15-/m1/s1. The minimum absolute atomic E-state index is 0.0886. The number of rotatable bonds is 7. The van der Waals surface area contributed by atoms with Gasteiger partial charge < -0.3 is 10.1 Å². The summed E-state index contributed by atoms with van der Waals surface area (Å²) in [7, 11) is 0. The summed E-state index contributed by atoms with van der Waals surface area (Å²) < 4.78 is 19.2. The lowest BCUT2D eigenvalue weighted by Gasteiger charge is -2.18. The Hall–Kier alpha value is -2.01. The number of hydrogen-bond acceptors (Lipinski definition) is 3. The van der Waals surface area contributed by atoms with Crippen LogP contribution in [0.1, 0.15) is 20.3 Å². The third-order valence-corrected chi connectivity index (χ3v) is 4.17. The minimum atomic E-state index is -0.744. The van der Waals surface area contributed by atoms with Crippen LogP contribution in [0.3, 0.4) is 0 Å². The average molecular weight is 333 g/mol. The summed E-state index contributed by atoms with van der Waals surface area (Å²) in [5, 5.41) is 2.88. The predicted octanol–water partition coefficient (Wildman–Crippen LogP) is 4.73. The Morgan fingerprint density at radius 1 is 1.17 bits per heavy atom. The van der Waals surface area contributed by atoms with E-state index in [4.69, 9.17) is 4.74 Å². The van der Waals surface area contributed by atoms with Crippen LogP contribution >= 0.6 is 11.8 Å². The molecule has 0 heterocycles. The summed E-state index contributed by atoms with van der Waals surface area (Å²) in [5.41, 5.74) is 0.750. The molecule has 1 N–H and O–H groups in total. The van der Waals surface area contributed by atoms with Gasteiger partial charge in [-0.25, -0.2) is 4.39 Å². The maximum atomic E-state index is 13.7. The van der Waals surface area contributed by atoms with Gasteiger partial charge in [-0.2, -0.15) is 0 Å². The van der Waals surface area contributed by atoms with Crippen molar-refractivity contribution in [3.05, 3.63) is 54.3 Å². The zero-order valence-corrected chi connectivity index (χ0v) is 14.0. The molecule has 3 nitrogen and oxygen atoms in total. The van der Waals surface area contributed by atoms with Gasteiger partial charge in [0.05, 0.1) is 5.69 Å². The molecule has 0 aromatic heterocycles. The quantitative estimate of drug-likeness (QED) is 0.744. The summed E-state index contributed by atoms with van der Waals surface area (Å²) in [6.07, 6.45) is -0.296. The second-order valence-electron chi connectivity index (χ2n) is 4.86. The fourth-order valence-corrected chi connectivity index (χ4v) is 2.84. The van der Waals surface area contributed by atoms with Crippen LogP contribution in [0, 0.1) is 5.82 Å². The number of halogens is 1. The van der Waals surface area contributed by atoms with Gasteiger partial charge >= 0.3 is 0 Å². The first kappa shape index (κ1) is 17.3. The van der Waals surface area contributed by atoms with E-state index in [1.807, 2.05) is 31.2 Å². The van der Waals surface area contributed by atoms with Crippen molar-refractivity contribution in [2.75, 3.05) is 11.1 Å². The van der Waals surface area contributed by atoms with E-state index in [9.17, 15) is 9.18 Å². The van der Waals surface area contributed by atoms with Crippen molar-refractivity contribution in [3.8, 4) is 5.75 Å². The van der Waals surface area contributed by atoms with Crippen LogP contribution in [0.15, 0.2) is 53.4 Å². The van der Waals surface area contributed by atoms with Gasteiger partial charge in [-0.3, -0.25) is 4.79 Å². The average Bonchev–Trinajstić information content (AvgIpc) is 2.56. The number of benzene rings is 2. The van der Waals surface area contributed by atoms with Crippen molar-refractivity contribution in [1.29, 1.82) is 0 Å². The molecule has 0 radical (unpaired) electrons. The molecule has 1 amide bonds. The van der Waals surface area contributed by atoms with E-state index < -0.39 is 11.9 Å². The van der Waals surface area contributed by atoms with Crippen molar-refractivity contribution in [3.63, 3.8) is 0 Å². The van der Waals surface area contributed by atoms with Crippen LogP contribution in [-0.4, -0.2) is 17.8 Å². The van der Waals surface area contributed by atoms with Crippen LogP contribution in [0.2, 0.25) is 0 Å². The van der Waals surface area contributed by atoms with Gasteiger partial charge in [0.15, 0.2) is 17.7 Å². The molecule has 2 aromatic carbocycles. The third-order valence-electron chi connectivity index (χ3n) is 3.21. The highest BCUT2D eigenvalue weighted by Gasteiger charge is 2.20. The second-order valence-corrected chi connectivity index (χ2v) is 6.17. The molecule has 0 saturated carbocycles. The maximum Gasteiger partial charge on any atom is 0.265 e. The van der Waals surface area contributed by atoms with Crippen LogP contribution < -0.4 is 10.1 Å². The number of amides is 1. The molecule has 0 fully saturated rings. The number of nitrogens with one attached hydrogen (secondary N) is 1. The van der Waals surface area contributed by atoms with Gasteiger partial charge in [-0.05, 0) is 36.4 Å². The predicted molar refractivity (Wildman–Crippen MR) is 92.6 cm³/mol. The maximum absolute atomic E-state index is 13.7. The lowest BCUT2D eigenvalue weighted by molar-refractivity contribution is -0.122. The molecule has 23 heavy (non-hydrogen) atoms. The SMILES string of the molecule is CCSc1ccccc1NC(=O)[C@@H](CC)Oc1ccccc1F. The molecule has 1 atom stereocenters. The van der Waals surface area contributed by atoms with E-state index in [0.717, 1.165) is 16.3 Å². The van der Waals surface area contributed by atoms with Crippen molar-refractivity contribution < 1.29 is 13.9 Å². The Balaban J connectivity index is 2.10. The summed E-state index contributed by atoms with van der Waals surface area (Å²) in [4.78, 5) is 13.5. The Bertz CT molecular complexity index is 663. The smallest absolute Gasteiger partial charge is 0.265 e. The molecule has 0 saturated heterocycles. The lowest BCUT2D eigenvalue weighted by atomic mass is 10.2. The number of hydrogen-bond donors (Lipinski definition) is 1. The summed E-state index contributed by atoms with van der Waals surface area (Å²) in [5.74, 6) is 0.252. The number of carbonyl (C=O) groups is 1. The number of anilines is 1. The molecule has 0 aliphatic rings. The van der Waals surface area contributed by atoms with E-state index in [-0.39, 0.29) is 11.7 Å². The van der Waals surface area contributed by atoms with Gasteiger partial charge in [0.1, 0.15) is 0 Å². The van der Waals surface area contributed by atoms with Gasteiger partial charge in [-0.1, -0.05) is 38.1 Å². The minimum Gasteiger partial charge on any atom is -0.478 e. The first-order valence-corrected chi connectivity index (χ1v) is 8.58. The van der Waals surface area contributed by atoms with Crippen LogP contribution in [0.4, 0.5) is 10.1 Å². The van der Waals surface area contributed by atoms with Gasteiger partial charge in [0.25, 0.3) is 5.91 Å². The van der Waals surface area contributed by atoms with E-state index in [1.165, 1.54) is 12.1 Å². The fourth-order valence-electron chi connectivity index (χ4n) is 2.08. The summed E-state index contributed by atoms with van der Waals surface area (Å²) >= 11 is 1.65. The Morgan fingerprint density at radius 2 is 1.87 bits per heavy atom. The third kappa shape index (κ3) is 4.73. The molecule has 5 heteroatoms. The highest BCUT2D eigenvalue weighted by molar-refractivity contribution is 7.99. The largest absolute Gasteiger partial charge is 0.478 e. The number of ether oxygens (including phenoxy) is 1. The van der Waals surface area contributed by atoms with E-state index in [1.54, 1.807) is 23.9 Å². The van der Waals surface area contributed by atoms with Crippen LogP contribution in [0.25, 0.3) is 0 Å². The fraction of sp³-hybridized carbons (Fsp3) is 0.278. The van der Waals surface area contributed by atoms with Crippen LogP contribution in [-0.2, 0) is 4.79 Å². The van der Waals surface area contributed by atoms with Crippen LogP contribution in [0.5, 0.6) is 5.75 Å². The van der Waals surface area contributed by atoms with Crippen molar-refractivity contribution in [2.45, 2.75) is 31.3 Å². The van der Waals surface area contributed by atoms with Crippen molar-refractivity contribution in [2.24, 2.45) is 0 Å². The lowest BCUT2D eigenvalue weighted by Crippen LogP contribution is -2.32. The van der Waals surface area contributed by atoms with E-state index in [2.05, 4.69) is 12.2 Å². The zero-order chi connectivity index (χ0) is 16.7. The Labute approximate surface area is 140 Å². The molecule has 0 aliphatic carbocycles. The van der Waals surface area contributed by atoms with Gasteiger partial charge in [0.2, 0.25) is 0 Å². The first-order chi connectivity index (χ1) is 11.2. The molecular weight excluding hydrogens is 313 g/mol. The second kappa shape index (κ2) is 8.58. The van der Waals surface area contributed by atoms with Crippen molar-refractivity contribution in [1.82, 2.24) is 0 Å². The number of thioether (sulfide) groups is 1. The monoisotopic (exact) mass is 333 g/mol. The molecule has 2 rings (SSSR count). The number of carbonyl (C=O) groups excluding carboxylic acids is 1. The number of para-hydroxylation sites is 2. The van der Waals surface area contributed by atoms with Crippen molar-refractivity contribution >= 4 is 23.4 Å². The first-order valence-electron chi connectivity index (χ1n) is 7.59. The van der Waals surface area contributed by atoms with Gasteiger partial charge in [-0.15, -0.1) is 11.8 Å².